The van der Waals surface area contributed by atoms with E-state index >= 15 is 0 Å². The van der Waals surface area contributed by atoms with E-state index in [9.17, 15) is 9.59 Å². The molecule has 1 amide bonds. The Morgan fingerprint density at radius 1 is 1.77 bits per heavy atom. The van der Waals surface area contributed by atoms with E-state index in [1.54, 1.807) is 6.92 Å². The van der Waals surface area contributed by atoms with Crippen LogP contribution >= 0.6 is 12.2 Å². The molecule has 13 heavy (non-hydrogen) atoms. The number of ether oxygens (including phenoxy) is 1. The topological polar surface area (TPSA) is 67.4 Å². The van der Waals surface area contributed by atoms with Crippen LogP contribution in [0.2, 0.25) is 0 Å². The van der Waals surface area contributed by atoms with Gasteiger partial charge in [0.2, 0.25) is 5.91 Å². The zero-order chi connectivity index (χ0) is 9.84. The Kier molecular flexibility index (Phi) is 3.18. The molecule has 1 saturated heterocycles. The van der Waals surface area contributed by atoms with E-state index in [1.165, 1.54) is 0 Å². The van der Waals surface area contributed by atoms with Crippen molar-refractivity contribution in [2.75, 3.05) is 13.2 Å². The second-order valence-corrected chi connectivity index (χ2v) is 2.91. The standard InChI is InChI=1S/C7H10N2O3S/c1-2-12-6(11)4-3-8-7(13)9-5(4)10/h4H,2-3H2,1H3,(H2,8,9,10,13). The number of thiocarbonyl (C=S) groups is 1. The van der Waals surface area contributed by atoms with Gasteiger partial charge in [-0.05, 0) is 19.1 Å². The Hall–Kier alpha value is -1.17. The van der Waals surface area contributed by atoms with Crippen molar-refractivity contribution in [3.05, 3.63) is 0 Å². The summed E-state index contributed by atoms with van der Waals surface area (Å²) in [6.45, 7) is 2.17. The van der Waals surface area contributed by atoms with Crippen LogP contribution in [0.15, 0.2) is 0 Å². The molecule has 1 fully saturated rings. The fraction of sp³-hybridized carbons (Fsp3) is 0.571. The smallest absolute Gasteiger partial charge is 0.320 e. The number of amides is 1. The molecule has 0 aromatic carbocycles. The maximum atomic E-state index is 11.2. The minimum atomic E-state index is -0.786. The van der Waals surface area contributed by atoms with Gasteiger partial charge in [0.1, 0.15) is 0 Å². The molecule has 1 aliphatic rings. The number of carbonyl (C=O) groups is 2. The largest absolute Gasteiger partial charge is 0.465 e. The fourth-order valence-electron chi connectivity index (χ4n) is 0.964. The lowest BCUT2D eigenvalue weighted by molar-refractivity contribution is -0.151. The van der Waals surface area contributed by atoms with E-state index in [2.05, 4.69) is 10.6 Å². The van der Waals surface area contributed by atoms with Crippen molar-refractivity contribution >= 4 is 29.2 Å². The fourth-order valence-corrected chi connectivity index (χ4v) is 1.15. The first-order valence-corrected chi connectivity index (χ1v) is 4.31. The molecule has 1 aliphatic heterocycles. The van der Waals surface area contributed by atoms with E-state index < -0.39 is 17.8 Å². The minimum Gasteiger partial charge on any atom is -0.465 e. The highest BCUT2D eigenvalue weighted by atomic mass is 32.1. The normalized spacial score (nSPS) is 21.8. The highest BCUT2D eigenvalue weighted by Gasteiger charge is 2.31. The molecular formula is C7H10N2O3S. The number of carbonyl (C=O) groups excluding carboxylic acids is 2. The summed E-state index contributed by atoms with van der Waals surface area (Å²) >= 11 is 4.69. The van der Waals surface area contributed by atoms with E-state index in [-0.39, 0.29) is 18.3 Å². The molecule has 0 spiro atoms. The van der Waals surface area contributed by atoms with Gasteiger partial charge < -0.3 is 15.4 Å². The summed E-state index contributed by atoms with van der Waals surface area (Å²) in [5, 5.41) is 5.30. The molecule has 0 radical (unpaired) electrons. The van der Waals surface area contributed by atoms with Crippen LogP contribution in [0.25, 0.3) is 0 Å². The van der Waals surface area contributed by atoms with Gasteiger partial charge in [0.05, 0.1) is 6.61 Å². The molecule has 1 heterocycles. The first-order chi connectivity index (χ1) is 6.15. The Balaban J connectivity index is 2.55. The third kappa shape index (κ3) is 2.38. The van der Waals surface area contributed by atoms with Gasteiger partial charge in [-0.15, -0.1) is 0 Å². The molecule has 0 saturated carbocycles. The molecular weight excluding hydrogens is 192 g/mol. The van der Waals surface area contributed by atoms with Gasteiger partial charge in [-0.3, -0.25) is 9.59 Å². The van der Waals surface area contributed by atoms with Crippen LogP contribution in [0.3, 0.4) is 0 Å². The van der Waals surface area contributed by atoms with Gasteiger partial charge in [0, 0.05) is 6.54 Å². The van der Waals surface area contributed by atoms with Crippen molar-refractivity contribution in [2.24, 2.45) is 5.92 Å². The number of hydrogen-bond acceptors (Lipinski definition) is 4. The number of esters is 1. The van der Waals surface area contributed by atoms with E-state index in [4.69, 9.17) is 17.0 Å². The van der Waals surface area contributed by atoms with Gasteiger partial charge in [-0.1, -0.05) is 0 Å². The SMILES string of the molecule is CCOC(=O)C1CNC(=S)NC1=O. The van der Waals surface area contributed by atoms with Gasteiger partial charge in [0.15, 0.2) is 11.0 Å². The second-order valence-electron chi connectivity index (χ2n) is 2.50. The third-order valence-corrected chi connectivity index (χ3v) is 1.84. The number of hydrogen-bond donors (Lipinski definition) is 2. The van der Waals surface area contributed by atoms with Crippen molar-refractivity contribution in [1.82, 2.24) is 10.6 Å². The predicted octanol–water partition coefficient (Wildman–Crippen LogP) is -0.830. The Morgan fingerprint density at radius 3 is 3.00 bits per heavy atom. The zero-order valence-corrected chi connectivity index (χ0v) is 7.94. The molecule has 5 nitrogen and oxygen atoms in total. The van der Waals surface area contributed by atoms with Crippen molar-refractivity contribution < 1.29 is 14.3 Å². The highest BCUT2D eigenvalue weighted by molar-refractivity contribution is 7.80. The molecule has 72 valence electrons. The maximum absolute atomic E-state index is 11.2. The van der Waals surface area contributed by atoms with Gasteiger partial charge in [-0.25, -0.2) is 0 Å². The first kappa shape index (κ1) is 9.91. The molecule has 0 aromatic rings. The Bertz CT molecular complexity index is 254. The highest BCUT2D eigenvalue weighted by Crippen LogP contribution is 2.02. The van der Waals surface area contributed by atoms with Crippen LogP contribution < -0.4 is 10.6 Å². The minimum absolute atomic E-state index is 0.212. The van der Waals surface area contributed by atoms with Crippen LogP contribution in [0, 0.1) is 5.92 Å². The van der Waals surface area contributed by atoms with Gasteiger partial charge in [0.25, 0.3) is 0 Å². The summed E-state index contributed by atoms with van der Waals surface area (Å²) in [5.41, 5.74) is 0. The summed E-state index contributed by atoms with van der Waals surface area (Å²) in [6.07, 6.45) is 0. The molecule has 1 atom stereocenters. The number of rotatable bonds is 2. The van der Waals surface area contributed by atoms with Gasteiger partial charge >= 0.3 is 5.97 Å². The number of nitrogens with one attached hydrogen (secondary N) is 2. The van der Waals surface area contributed by atoms with Crippen molar-refractivity contribution in [3.8, 4) is 0 Å². The van der Waals surface area contributed by atoms with Crippen molar-refractivity contribution in [2.45, 2.75) is 6.92 Å². The summed E-state index contributed by atoms with van der Waals surface area (Å²) in [7, 11) is 0. The van der Waals surface area contributed by atoms with E-state index in [0.717, 1.165) is 0 Å². The van der Waals surface area contributed by atoms with E-state index in [0.29, 0.717) is 0 Å². The van der Waals surface area contributed by atoms with E-state index in [1.807, 2.05) is 0 Å². The average molecular weight is 202 g/mol. The third-order valence-electron chi connectivity index (χ3n) is 1.59. The quantitative estimate of drug-likeness (QED) is 0.347. The summed E-state index contributed by atoms with van der Waals surface area (Å²) in [6, 6.07) is 0. The van der Waals surface area contributed by atoms with Crippen molar-refractivity contribution in [3.63, 3.8) is 0 Å². The molecule has 0 bridgehead atoms. The maximum Gasteiger partial charge on any atom is 0.320 e. The lowest BCUT2D eigenvalue weighted by Crippen LogP contribution is -2.54. The van der Waals surface area contributed by atoms with Crippen LogP contribution in [0.1, 0.15) is 6.92 Å². The summed E-state index contributed by atoms with van der Waals surface area (Å²) in [4.78, 5) is 22.3. The monoisotopic (exact) mass is 202 g/mol. The molecule has 6 heteroatoms. The van der Waals surface area contributed by atoms with Crippen molar-refractivity contribution in [1.29, 1.82) is 0 Å². The zero-order valence-electron chi connectivity index (χ0n) is 7.12. The molecule has 0 aliphatic carbocycles. The lowest BCUT2D eigenvalue weighted by Gasteiger charge is -2.22. The predicted molar refractivity (Wildman–Crippen MR) is 48.9 cm³/mol. The van der Waals surface area contributed by atoms with Gasteiger partial charge in [-0.2, -0.15) is 0 Å². The molecule has 1 rings (SSSR count). The average Bonchev–Trinajstić information content (AvgIpc) is 2.04. The Morgan fingerprint density at radius 2 is 2.46 bits per heavy atom. The summed E-state index contributed by atoms with van der Waals surface area (Å²) in [5.74, 6) is -1.70. The van der Waals surface area contributed by atoms with Crippen LogP contribution in [0.4, 0.5) is 0 Å². The molecule has 2 N–H and O–H groups in total. The first-order valence-electron chi connectivity index (χ1n) is 3.90. The Labute approximate surface area is 80.8 Å². The summed E-state index contributed by atoms with van der Waals surface area (Å²) < 4.78 is 4.70. The van der Waals surface area contributed by atoms with Crippen LogP contribution in [-0.4, -0.2) is 30.1 Å². The lowest BCUT2D eigenvalue weighted by atomic mass is 10.1. The second kappa shape index (κ2) is 4.18. The molecule has 1 unspecified atom stereocenters. The molecule has 0 aromatic heterocycles. The van der Waals surface area contributed by atoms with Crippen LogP contribution in [0.5, 0.6) is 0 Å². The van der Waals surface area contributed by atoms with Crippen LogP contribution in [-0.2, 0) is 14.3 Å².